The monoisotopic (exact) mass is 212 g/mol. The maximum Gasteiger partial charge on any atom is 0.137 e. The van der Waals surface area contributed by atoms with Crippen LogP contribution < -0.4 is 0 Å². The summed E-state index contributed by atoms with van der Waals surface area (Å²) < 4.78 is 0. The molecule has 1 aromatic rings. The number of aryl methyl sites for hydroxylation is 1. The third-order valence-electron chi connectivity index (χ3n) is 3.15. The number of allylic oxidation sites excluding steroid dienone is 3. The predicted molar refractivity (Wildman–Crippen MR) is 66.4 cm³/mol. The largest absolute Gasteiger partial charge is 0.299 e. The molecule has 0 unspecified atom stereocenters. The number of rotatable bonds is 2. The molecule has 2 rings (SSSR count). The zero-order valence-electron chi connectivity index (χ0n) is 9.73. The Bertz CT molecular complexity index is 468. The minimum atomic E-state index is -0.0331. The van der Waals surface area contributed by atoms with E-state index in [0.29, 0.717) is 0 Å². The molecule has 0 bridgehead atoms. The standard InChI is InChI=1S/C15H16O/c1-10-5-4-6-13(9-10)15-11(2)7-8-14(15)12(3)16/h4-9,14-15H,2H2,1,3H3/t14-,15-/m1/s1. The van der Waals surface area contributed by atoms with E-state index in [1.54, 1.807) is 6.92 Å². The molecule has 0 aromatic heterocycles. The second-order valence-corrected chi connectivity index (χ2v) is 4.46. The average molecular weight is 212 g/mol. The van der Waals surface area contributed by atoms with Gasteiger partial charge in [-0.2, -0.15) is 0 Å². The molecule has 0 N–H and O–H groups in total. The third kappa shape index (κ3) is 1.85. The minimum Gasteiger partial charge on any atom is -0.299 e. The van der Waals surface area contributed by atoms with Crippen LogP contribution in [0.4, 0.5) is 0 Å². The number of carbonyl (C=O) groups is 1. The SMILES string of the molecule is C=C1C=C[C@H](C(C)=O)[C@H]1c1cccc(C)c1. The van der Waals surface area contributed by atoms with Gasteiger partial charge >= 0.3 is 0 Å². The fourth-order valence-electron chi connectivity index (χ4n) is 2.33. The Kier molecular flexibility index (Phi) is 2.78. The van der Waals surface area contributed by atoms with Crippen LogP contribution in [-0.4, -0.2) is 5.78 Å². The van der Waals surface area contributed by atoms with E-state index in [2.05, 4.69) is 31.7 Å². The molecule has 0 saturated carbocycles. The lowest BCUT2D eigenvalue weighted by Crippen LogP contribution is -2.15. The number of Topliss-reactive ketones (excluding diaryl/α,β-unsaturated/α-hetero) is 1. The van der Waals surface area contributed by atoms with Gasteiger partial charge in [0.2, 0.25) is 0 Å². The topological polar surface area (TPSA) is 17.1 Å². The van der Waals surface area contributed by atoms with Crippen LogP contribution in [0.15, 0.2) is 48.6 Å². The van der Waals surface area contributed by atoms with E-state index in [-0.39, 0.29) is 17.6 Å². The van der Waals surface area contributed by atoms with Gasteiger partial charge in [0.1, 0.15) is 5.78 Å². The van der Waals surface area contributed by atoms with Gasteiger partial charge in [0.15, 0.2) is 0 Å². The van der Waals surface area contributed by atoms with Gasteiger partial charge in [-0.05, 0) is 25.0 Å². The first-order valence-corrected chi connectivity index (χ1v) is 5.53. The Morgan fingerprint density at radius 2 is 2.12 bits per heavy atom. The molecule has 1 nitrogen and oxygen atoms in total. The number of carbonyl (C=O) groups excluding carboxylic acids is 1. The second kappa shape index (κ2) is 4.09. The van der Waals surface area contributed by atoms with Gasteiger partial charge in [-0.15, -0.1) is 0 Å². The quantitative estimate of drug-likeness (QED) is 0.734. The van der Waals surface area contributed by atoms with E-state index in [9.17, 15) is 4.79 Å². The predicted octanol–water partition coefficient (Wildman–Crippen LogP) is 3.41. The molecule has 1 aliphatic rings. The van der Waals surface area contributed by atoms with E-state index in [1.807, 2.05) is 18.2 Å². The van der Waals surface area contributed by atoms with Gasteiger partial charge in [-0.3, -0.25) is 4.79 Å². The van der Waals surface area contributed by atoms with Crippen molar-refractivity contribution in [1.82, 2.24) is 0 Å². The molecule has 0 saturated heterocycles. The number of benzene rings is 1. The van der Waals surface area contributed by atoms with Crippen LogP contribution in [0.25, 0.3) is 0 Å². The summed E-state index contributed by atoms with van der Waals surface area (Å²) in [6, 6.07) is 8.31. The third-order valence-corrected chi connectivity index (χ3v) is 3.15. The van der Waals surface area contributed by atoms with E-state index in [0.717, 1.165) is 5.57 Å². The summed E-state index contributed by atoms with van der Waals surface area (Å²) in [5.74, 6) is 0.313. The fourth-order valence-corrected chi connectivity index (χ4v) is 2.33. The minimum absolute atomic E-state index is 0.0331. The van der Waals surface area contributed by atoms with Crippen molar-refractivity contribution >= 4 is 5.78 Å². The summed E-state index contributed by atoms with van der Waals surface area (Å²) in [4.78, 5) is 11.6. The fraction of sp³-hybridized carbons (Fsp3) is 0.267. The Labute approximate surface area is 96.5 Å². The molecule has 0 spiro atoms. The highest BCUT2D eigenvalue weighted by Crippen LogP contribution is 2.38. The summed E-state index contributed by atoms with van der Waals surface area (Å²) in [5, 5.41) is 0. The molecule has 1 aliphatic carbocycles. The second-order valence-electron chi connectivity index (χ2n) is 4.46. The smallest absolute Gasteiger partial charge is 0.137 e. The number of ketones is 1. The molecular formula is C15H16O. The summed E-state index contributed by atoms with van der Waals surface area (Å²) >= 11 is 0. The van der Waals surface area contributed by atoms with Gasteiger partial charge in [0.25, 0.3) is 0 Å². The maximum absolute atomic E-state index is 11.6. The van der Waals surface area contributed by atoms with Crippen LogP contribution in [0, 0.1) is 12.8 Å². The van der Waals surface area contributed by atoms with Crippen molar-refractivity contribution in [2.75, 3.05) is 0 Å². The van der Waals surface area contributed by atoms with Crippen LogP contribution in [-0.2, 0) is 4.79 Å². The van der Waals surface area contributed by atoms with Crippen LogP contribution in [0.3, 0.4) is 0 Å². The van der Waals surface area contributed by atoms with Gasteiger partial charge in [0, 0.05) is 11.8 Å². The van der Waals surface area contributed by atoms with E-state index < -0.39 is 0 Å². The molecule has 1 heteroatoms. The van der Waals surface area contributed by atoms with Crippen LogP contribution in [0.5, 0.6) is 0 Å². The lowest BCUT2D eigenvalue weighted by atomic mass is 9.83. The number of hydrogen-bond donors (Lipinski definition) is 0. The summed E-state index contributed by atoms with van der Waals surface area (Å²) in [7, 11) is 0. The van der Waals surface area contributed by atoms with Gasteiger partial charge in [-0.1, -0.05) is 48.6 Å². The van der Waals surface area contributed by atoms with Crippen LogP contribution in [0.1, 0.15) is 24.0 Å². The molecule has 0 radical (unpaired) electrons. The van der Waals surface area contributed by atoms with E-state index in [1.165, 1.54) is 11.1 Å². The Morgan fingerprint density at radius 1 is 1.38 bits per heavy atom. The molecule has 0 heterocycles. The molecule has 16 heavy (non-hydrogen) atoms. The molecule has 82 valence electrons. The van der Waals surface area contributed by atoms with Gasteiger partial charge < -0.3 is 0 Å². The van der Waals surface area contributed by atoms with Crippen LogP contribution >= 0.6 is 0 Å². The maximum atomic E-state index is 11.6. The lowest BCUT2D eigenvalue weighted by molar-refractivity contribution is -0.119. The molecular weight excluding hydrogens is 196 g/mol. The Balaban J connectivity index is 2.39. The molecule has 0 amide bonds. The first kappa shape index (κ1) is 10.9. The summed E-state index contributed by atoms with van der Waals surface area (Å²) in [6.45, 7) is 7.75. The Morgan fingerprint density at radius 3 is 2.75 bits per heavy atom. The van der Waals surface area contributed by atoms with Crippen LogP contribution in [0.2, 0.25) is 0 Å². The van der Waals surface area contributed by atoms with E-state index in [4.69, 9.17) is 0 Å². The zero-order chi connectivity index (χ0) is 11.7. The van der Waals surface area contributed by atoms with Crippen molar-refractivity contribution in [3.63, 3.8) is 0 Å². The van der Waals surface area contributed by atoms with Crippen molar-refractivity contribution < 1.29 is 4.79 Å². The van der Waals surface area contributed by atoms with Crippen molar-refractivity contribution in [3.05, 3.63) is 59.7 Å². The first-order chi connectivity index (χ1) is 7.59. The van der Waals surface area contributed by atoms with E-state index >= 15 is 0 Å². The highest BCUT2D eigenvalue weighted by Gasteiger charge is 2.30. The number of hydrogen-bond acceptors (Lipinski definition) is 1. The molecule has 0 aliphatic heterocycles. The van der Waals surface area contributed by atoms with Crippen molar-refractivity contribution in [2.45, 2.75) is 19.8 Å². The average Bonchev–Trinajstić information content (AvgIpc) is 2.60. The van der Waals surface area contributed by atoms with Crippen molar-refractivity contribution in [3.8, 4) is 0 Å². The van der Waals surface area contributed by atoms with Crippen molar-refractivity contribution in [2.24, 2.45) is 5.92 Å². The highest BCUT2D eigenvalue weighted by molar-refractivity contribution is 5.83. The molecule has 1 aromatic carbocycles. The normalized spacial score (nSPS) is 23.8. The summed E-state index contributed by atoms with van der Waals surface area (Å²) in [6.07, 6.45) is 3.94. The summed E-state index contributed by atoms with van der Waals surface area (Å²) in [5.41, 5.74) is 3.44. The molecule has 0 fully saturated rings. The van der Waals surface area contributed by atoms with Crippen molar-refractivity contribution in [1.29, 1.82) is 0 Å². The first-order valence-electron chi connectivity index (χ1n) is 5.53. The van der Waals surface area contributed by atoms with Gasteiger partial charge in [-0.25, -0.2) is 0 Å². The van der Waals surface area contributed by atoms with Gasteiger partial charge in [0.05, 0.1) is 0 Å². The zero-order valence-corrected chi connectivity index (χ0v) is 9.73. The molecule has 2 atom stereocenters. The highest BCUT2D eigenvalue weighted by atomic mass is 16.1. The Hall–Kier alpha value is -1.63. The lowest BCUT2D eigenvalue weighted by Gasteiger charge is -2.19.